The van der Waals surface area contributed by atoms with Crippen molar-refractivity contribution in [2.45, 2.75) is 105 Å². The van der Waals surface area contributed by atoms with Crippen LogP contribution in [0.5, 0.6) is 34.5 Å². The predicted molar refractivity (Wildman–Crippen MR) is 246 cm³/mol. The van der Waals surface area contributed by atoms with Gasteiger partial charge in [0.15, 0.2) is 34.5 Å². The van der Waals surface area contributed by atoms with E-state index in [0.717, 1.165) is 5.56 Å². The smallest absolute Gasteiger partial charge is 0.408 e. The van der Waals surface area contributed by atoms with Gasteiger partial charge < -0.3 is 57.5 Å². The van der Waals surface area contributed by atoms with E-state index >= 15 is 0 Å². The summed E-state index contributed by atoms with van der Waals surface area (Å²) < 4.78 is 52.8. The molecule has 18 nitrogen and oxygen atoms in total. The molecule has 1 aliphatic rings. The summed E-state index contributed by atoms with van der Waals surface area (Å²) in [5.41, 5.74) is 0.934. The summed E-state index contributed by atoms with van der Waals surface area (Å²) in [6.45, 7) is 17.8. The maximum atomic E-state index is 14.2. The SMILES string of the molecule is COc1cc2c(cc1OC=O)oc(=O)c1c2c(-c2ccc(OC(=O)[C@@H](NC(=O)OC(C)(C)C)C(C)C)c(OC)c2)c2n1CCc1cc(OC(=O)[C@@H](NC(=O)OC(C)(C)C)C(C)C)c(OC)cc1-2. The van der Waals surface area contributed by atoms with Gasteiger partial charge in [0.05, 0.1) is 27.0 Å². The topological polar surface area (TPSA) is 218 Å². The van der Waals surface area contributed by atoms with E-state index in [9.17, 15) is 28.8 Å². The molecule has 3 heterocycles. The molecule has 3 aromatic carbocycles. The first-order valence-corrected chi connectivity index (χ1v) is 21.6. The molecule has 2 N–H and O–H groups in total. The molecule has 0 radical (unpaired) electrons. The summed E-state index contributed by atoms with van der Waals surface area (Å²) in [6.07, 6.45) is -1.20. The molecular formula is C49H57N3O15. The fourth-order valence-electron chi connectivity index (χ4n) is 7.77. The monoisotopic (exact) mass is 927 g/mol. The first-order valence-electron chi connectivity index (χ1n) is 21.6. The van der Waals surface area contributed by atoms with Crippen LogP contribution in [0.25, 0.3) is 44.3 Å². The number of ether oxygens (including phenoxy) is 8. The van der Waals surface area contributed by atoms with Gasteiger partial charge in [-0.1, -0.05) is 33.8 Å². The molecule has 6 rings (SSSR count). The number of benzene rings is 3. The fraction of sp³-hybridized carbons (Fsp3) is 0.429. The van der Waals surface area contributed by atoms with Crippen LogP contribution in [0.3, 0.4) is 0 Å². The number of hydrogen-bond donors (Lipinski definition) is 2. The molecule has 67 heavy (non-hydrogen) atoms. The Balaban J connectivity index is 1.53. The van der Waals surface area contributed by atoms with E-state index in [1.54, 1.807) is 106 Å². The van der Waals surface area contributed by atoms with Gasteiger partial charge in [-0.05, 0) is 101 Å². The second-order valence-corrected chi connectivity index (χ2v) is 18.6. The normalized spacial score (nSPS) is 13.2. The fourth-order valence-corrected chi connectivity index (χ4v) is 7.77. The molecule has 358 valence electrons. The number of nitrogens with one attached hydrogen (secondary N) is 2. The highest BCUT2D eigenvalue weighted by Gasteiger charge is 2.35. The minimum atomic E-state index is -1.08. The Hall–Kier alpha value is -7.24. The lowest BCUT2D eigenvalue weighted by molar-refractivity contribution is -0.138. The summed E-state index contributed by atoms with van der Waals surface area (Å²) in [5.74, 6) is -1.61. The van der Waals surface area contributed by atoms with Crippen LogP contribution in [-0.2, 0) is 36.8 Å². The van der Waals surface area contributed by atoms with Crippen molar-refractivity contribution >= 4 is 52.5 Å². The predicted octanol–water partition coefficient (Wildman–Crippen LogP) is 8.11. The van der Waals surface area contributed by atoms with E-state index in [4.69, 9.17) is 42.3 Å². The van der Waals surface area contributed by atoms with Gasteiger partial charge in [0, 0.05) is 34.5 Å². The van der Waals surface area contributed by atoms with E-state index in [2.05, 4.69) is 10.6 Å². The molecule has 0 fully saturated rings. The number of methoxy groups -OCH3 is 3. The van der Waals surface area contributed by atoms with Crippen LogP contribution in [0.15, 0.2) is 51.7 Å². The van der Waals surface area contributed by atoms with E-state index < -0.39 is 53.0 Å². The third-order valence-electron chi connectivity index (χ3n) is 10.7. The Kier molecular flexibility index (Phi) is 14.2. The molecule has 0 saturated heterocycles. The van der Waals surface area contributed by atoms with Crippen LogP contribution in [0.4, 0.5) is 9.59 Å². The Bertz CT molecular complexity index is 2810. The maximum Gasteiger partial charge on any atom is 0.408 e. The first-order chi connectivity index (χ1) is 31.5. The van der Waals surface area contributed by atoms with Crippen LogP contribution < -0.4 is 44.7 Å². The minimum absolute atomic E-state index is 0.0184. The van der Waals surface area contributed by atoms with Crippen molar-refractivity contribution in [3.8, 4) is 56.9 Å². The van der Waals surface area contributed by atoms with Crippen LogP contribution in [-0.4, -0.2) is 79.8 Å². The molecule has 0 saturated carbocycles. The molecule has 2 amide bonds. The number of alkyl carbamates (subject to hydrolysis) is 2. The standard InChI is InChI=1S/C49H57N3O15/c1-24(2)39(50-46(57)66-48(5,6)7)43(54)63-30-15-14-27(19-32(30)59-11)37-38-29-21-33(60-12)35(62-23-53)22-31(29)64-45(56)42(38)52-17-16-26-18-36(34(61-13)20-28(26)41(37)52)65-44(55)40(25(3)4)51-47(58)67-49(8,9)10/h14-15,18-25,39-40H,16-17H2,1-13H3,(H,50,57)(H,51,58)/t39-,40-/m0/s1. The van der Waals surface area contributed by atoms with Gasteiger partial charge in [0.1, 0.15) is 34.4 Å². The number of aryl methyl sites for hydroxylation is 2. The van der Waals surface area contributed by atoms with Gasteiger partial charge >= 0.3 is 29.8 Å². The quantitative estimate of drug-likeness (QED) is 0.0465. The third-order valence-corrected chi connectivity index (χ3v) is 10.7. The van der Waals surface area contributed by atoms with Gasteiger partial charge in [0.25, 0.3) is 6.47 Å². The van der Waals surface area contributed by atoms with Gasteiger partial charge in [-0.25, -0.2) is 24.0 Å². The van der Waals surface area contributed by atoms with Crippen LogP contribution in [0, 0.1) is 11.8 Å². The van der Waals surface area contributed by atoms with Crippen molar-refractivity contribution in [2.75, 3.05) is 21.3 Å². The Morgan fingerprint density at radius 1 is 0.701 bits per heavy atom. The van der Waals surface area contributed by atoms with E-state index in [1.807, 2.05) is 4.57 Å². The van der Waals surface area contributed by atoms with E-state index in [-0.39, 0.29) is 70.4 Å². The number of carbonyl (C=O) groups is 5. The summed E-state index contributed by atoms with van der Waals surface area (Å²) in [6, 6.07) is 9.12. The van der Waals surface area contributed by atoms with Crippen molar-refractivity contribution in [3.63, 3.8) is 0 Å². The van der Waals surface area contributed by atoms with Crippen LogP contribution >= 0.6 is 0 Å². The van der Waals surface area contributed by atoms with Crippen molar-refractivity contribution in [1.29, 1.82) is 0 Å². The second kappa shape index (κ2) is 19.3. The number of carbonyl (C=O) groups excluding carboxylic acids is 5. The van der Waals surface area contributed by atoms with Gasteiger partial charge in [-0.3, -0.25) is 4.79 Å². The number of rotatable bonds is 14. The maximum absolute atomic E-state index is 14.2. The highest BCUT2D eigenvalue weighted by molar-refractivity contribution is 6.17. The zero-order valence-corrected chi connectivity index (χ0v) is 39.9. The highest BCUT2D eigenvalue weighted by Crippen LogP contribution is 2.50. The zero-order valence-electron chi connectivity index (χ0n) is 39.9. The molecule has 2 aromatic heterocycles. The van der Waals surface area contributed by atoms with E-state index in [1.165, 1.54) is 27.4 Å². The van der Waals surface area contributed by atoms with Gasteiger partial charge in [-0.15, -0.1) is 0 Å². The summed E-state index contributed by atoms with van der Waals surface area (Å²) >= 11 is 0. The average molecular weight is 928 g/mol. The zero-order chi connectivity index (χ0) is 49.3. The van der Waals surface area contributed by atoms with E-state index in [0.29, 0.717) is 39.6 Å². The van der Waals surface area contributed by atoms with Crippen LogP contribution in [0.2, 0.25) is 0 Å². The number of nitrogens with zero attached hydrogens (tertiary/aromatic N) is 1. The molecular weight excluding hydrogens is 871 g/mol. The molecule has 0 bridgehead atoms. The minimum Gasteiger partial charge on any atom is -0.493 e. The molecule has 0 aliphatic carbocycles. The third kappa shape index (κ3) is 10.6. The summed E-state index contributed by atoms with van der Waals surface area (Å²) in [7, 11) is 4.23. The lowest BCUT2D eigenvalue weighted by Gasteiger charge is -2.26. The largest absolute Gasteiger partial charge is 0.493 e. The number of fused-ring (bicyclic) bond motifs is 7. The van der Waals surface area contributed by atoms with Gasteiger partial charge in [0.2, 0.25) is 0 Å². The lowest BCUT2D eigenvalue weighted by atomic mass is 9.91. The lowest BCUT2D eigenvalue weighted by Crippen LogP contribution is -2.48. The van der Waals surface area contributed by atoms with Crippen molar-refractivity contribution in [2.24, 2.45) is 11.8 Å². The Labute approximate surface area is 387 Å². The number of hydrogen-bond acceptors (Lipinski definition) is 15. The first kappa shape index (κ1) is 49.2. The molecule has 0 spiro atoms. The molecule has 1 aliphatic heterocycles. The average Bonchev–Trinajstić information content (AvgIpc) is 3.59. The number of esters is 2. The molecule has 0 unspecified atom stereocenters. The van der Waals surface area contributed by atoms with Crippen molar-refractivity contribution in [3.05, 3.63) is 58.4 Å². The Morgan fingerprint density at radius 2 is 1.24 bits per heavy atom. The Morgan fingerprint density at radius 3 is 1.76 bits per heavy atom. The second-order valence-electron chi connectivity index (χ2n) is 18.6. The van der Waals surface area contributed by atoms with Crippen molar-refractivity contribution < 1.29 is 66.3 Å². The van der Waals surface area contributed by atoms with Gasteiger partial charge in [-0.2, -0.15) is 0 Å². The molecule has 5 aromatic rings. The van der Waals surface area contributed by atoms with Crippen LogP contribution in [0.1, 0.15) is 74.8 Å². The molecule has 18 heteroatoms. The van der Waals surface area contributed by atoms with Crippen molar-refractivity contribution in [1.82, 2.24) is 15.2 Å². The number of amides is 2. The summed E-state index contributed by atoms with van der Waals surface area (Å²) in [5, 5.41) is 6.10. The highest BCUT2D eigenvalue weighted by atomic mass is 16.6. The number of aromatic nitrogens is 1. The summed E-state index contributed by atoms with van der Waals surface area (Å²) in [4.78, 5) is 78.5. The molecule has 2 atom stereocenters.